The Labute approximate surface area is 121 Å². The zero-order valence-electron chi connectivity index (χ0n) is 10.1. The van der Waals surface area contributed by atoms with Gasteiger partial charge in [0.25, 0.3) is 0 Å². The molecule has 2 aliphatic rings. The Balaban J connectivity index is 0.000000321. The van der Waals surface area contributed by atoms with Crippen LogP contribution in [0.3, 0.4) is 0 Å². The number of carboxylic acids is 2. The fourth-order valence-corrected chi connectivity index (χ4v) is 2.01. The number of hydrogen-bond donors (Lipinski definition) is 4. The Morgan fingerprint density at radius 1 is 1.22 bits per heavy atom. The van der Waals surface area contributed by atoms with Crippen LogP contribution in [0.5, 0.6) is 0 Å². The molecule has 2 fully saturated rings. The summed E-state index contributed by atoms with van der Waals surface area (Å²) >= 11 is 0. The standard InChI is InChI=1S/C6H8O4.C5H12N2.Pt/c7-4(8)6(5(9)10)2-1-3-6;6-4-5-2-1-3-7-5;/h1-3H2,(H,7,8)(H,9,10);5,7H,1-4,6H2;/t;5-;/m.1./s1. The molecule has 2 rings (SSSR count). The summed E-state index contributed by atoms with van der Waals surface area (Å²) in [5.41, 5.74) is 3.93. The van der Waals surface area contributed by atoms with Crippen molar-refractivity contribution in [2.45, 2.75) is 38.1 Å². The van der Waals surface area contributed by atoms with Crippen LogP contribution in [-0.2, 0) is 30.7 Å². The first-order chi connectivity index (χ1) is 8.03. The van der Waals surface area contributed by atoms with Crippen molar-refractivity contribution in [2.75, 3.05) is 13.1 Å². The Morgan fingerprint density at radius 3 is 1.89 bits per heavy atom. The SMILES string of the molecule is NC[C@H]1CCCN1.O=C(O)C1(C(=O)O)CCC1.[Pt]. The van der Waals surface area contributed by atoms with Gasteiger partial charge in [0, 0.05) is 33.7 Å². The molecule has 0 spiro atoms. The summed E-state index contributed by atoms with van der Waals surface area (Å²) in [5.74, 6) is -2.41. The van der Waals surface area contributed by atoms with Gasteiger partial charge in [0.15, 0.2) is 5.41 Å². The first-order valence-electron chi connectivity index (χ1n) is 5.93. The van der Waals surface area contributed by atoms with Gasteiger partial charge in [-0.1, -0.05) is 0 Å². The fraction of sp³-hybridized carbons (Fsp3) is 0.818. The van der Waals surface area contributed by atoms with E-state index in [1.54, 1.807) is 0 Å². The molecular formula is C11H20N2O4Pt. The van der Waals surface area contributed by atoms with Crippen LogP contribution in [0, 0.1) is 5.41 Å². The summed E-state index contributed by atoms with van der Waals surface area (Å²) in [6, 6.07) is 0.625. The molecule has 18 heavy (non-hydrogen) atoms. The number of aliphatic carboxylic acids is 2. The van der Waals surface area contributed by atoms with Crippen molar-refractivity contribution in [2.24, 2.45) is 11.1 Å². The molecular weight excluding hydrogens is 419 g/mol. The molecule has 0 aromatic carbocycles. The van der Waals surface area contributed by atoms with Crippen molar-refractivity contribution in [1.29, 1.82) is 0 Å². The van der Waals surface area contributed by atoms with Crippen molar-refractivity contribution in [3.05, 3.63) is 0 Å². The van der Waals surface area contributed by atoms with E-state index in [9.17, 15) is 9.59 Å². The van der Waals surface area contributed by atoms with E-state index in [1.807, 2.05) is 0 Å². The largest absolute Gasteiger partial charge is 0.480 e. The molecule has 0 unspecified atom stereocenters. The monoisotopic (exact) mass is 439 g/mol. The summed E-state index contributed by atoms with van der Waals surface area (Å²) in [4.78, 5) is 20.7. The predicted molar refractivity (Wildman–Crippen MR) is 61.6 cm³/mol. The topological polar surface area (TPSA) is 113 Å². The van der Waals surface area contributed by atoms with E-state index in [0.717, 1.165) is 6.54 Å². The van der Waals surface area contributed by atoms with Crippen LogP contribution in [-0.4, -0.2) is 41.3 Å². The first kappa shape index (κ1) is 17.5. The number of hydrogen-bond acceptors (Lipinski definition) is 4. The quantitative estimate of drug-likeness (QED) is 0.462. The third kappa shape index (κ3) is 4.04. The molecule has 0 aromatic rings. The molecule has 1 atom stereocenters. The summed E-state index contributed by atoms with van der Waals surface area (Å²) in [6.07, 6.45) is 3.84. The van der Waals surface area contributed by atoms with Gasteiger partial charge in [0.05, 0.1) is 0 Å². The Kier molecular flexibility index (Phi) is 7.67. The van der Waals surface area contributed by atoms with Crippen LogP contribution in [0.2, 0.25) is 0 Å². The van der Waals surface area contributed by atoms with Crippen molar-refractivity contribution >= 4 is 11.9 Å². The molecule has 1 saturated heterocycles. The van der Waals surface area contributed by atoms with Gasteiger partial charge in [0.1, 0.15) is 0 Å². The van der Waals surface area contributed by atoms with E-state index in [-0.39, 0.29) is 33.9 Å². The van der Waals surface area contributed by atoms with Gasteiger partial charge in [-0.25, -0.2) is 0 Å². The fourth-order valence-electron chi connectivity index (χ4n) is 2.01. The smallest absolute Gasteiger partial charge is 0.321 e. The number of carboxylic acid groups (broad SMARTS) is 2. The summed E-state index contributed by atoms with van der Waals surface area (Å²) in [7, 11) is 0. The van der Waals surface area contributed by atoms with Gasteiger partial charge in [-0.3, -0.25) is 9.59 Å². The van der Waals surface area contributed by atoms with E-state index < -0.39 is 17.4 Å². The minimum Gasteiger partial charge on any atom is -0.480 e. The summed E-state index contributed by atoms with van der Waals surface area (Å²) in [6.45, 7) is 1.97. The second kappa shape index (κ2) is 7.87. The Bertz CT molecular complexity index is 273. The van der Waals surface area contributed by atoms with E-state index in [2.05, 4.69) is 5.32 Å². The van der Waals surface area contributed by atoms with Crippen LogP contribution >= 0.6 is 0 Å². The van der Waals surface area contributed by atoms with Crippen LogP contribution in [0.25, 0.3) is 0 Å². The molecule has 0 bridgehead atoms. The first-order valence-corrected chi connectivity index (χ1v) is 5.93. The van der Waals surface area contributed by atoms with Gasteiger partial charge >= 0.3 is 11.9 Å². The van der Waals surface area contributed by atoms with E-state index in [4.69, 9.17) is 15.9 Å². The van der Waals surface area contributed by atoms with Crippen molar-refractivity contribution < 1.29 is 40.9 Å². The summed E-state index contributed by atoms with van der Waals surface area (Å²) < 4.78 is 0. The molecule has 5 N–H and O–H groups in total. The van der Waals surface area contributed by atoms with Crippen molar-refractivity contribution in [3.8, 4) is 0 Å². The number of nitrogens with two attached hydrogens (primary N) is 1. The minimum atomic E-state index is -1.44. The normalized spacial score (nSPS) is 23.9. The molecule has 0 radical (unpaired) electrons. The van der Waals surface area contributed by atoms with Gasteiger partial charge in [-0.15, -0.1) is 0 Å². The average molecular weight is 439 g/mol. The zero-order chi connectivity index (χ0) is 12.9. The van der Waals surface area contributed by atoms with Gasteiger partial charge in [-0.05, 0) is 38.6 Å². The molecule has 1 aliphatic heterocycles. The van der Waals surface area contributed by atoms with Crippen LogP contribution < -0.4 is 11.1 Å². The third-order valence-electron chi connectivity index (χ3n) is 3.47. The van der Waals surface area contributed by atoms with E-state index >= 15 is 0 Å². The number of carbonyl (C=O) groups is 2. The van der Waals surface area contributed by atoms with E-state index in [0.29, 0.717) is 12.5 Å². The molecule has 7 heteroatoms. The van der Waals surface area contributed by atoms with Gasteiger partial charge < -0.3 is 21.3 Å². The Hall–Kier alpha value is -0.452. The average Bonchev–Trinajstić information content (AvgIpc) is 2.67. The molecule has 0 amide bonds. The van der Waals surface area contributed by atoms with Gasteiger partial charge in [-0.2, -0.15) is 0 Å². The summed E-state index contributed by atoms with van der Waals surface area (Å²) in [5, 5.41) is 20.2. The zero-order valence-corrected chi connectivity index (χ0v) is 12.4. The van der Waals surface area contributed by atoms with Crippen molar-refractivity contribution in [3.63, 3.8) is 0 Å². The number of nitrogens with one attached hydrogen (secondary N) is 1. The van der Waals surface area contributed by atoms with E-state index in [1.165, 1.54) is 19.4 Å². The maximum absolute atomic E-state index is 10.4. The predicted octanol–water partition coefficient (Wildman–Crippen LogP) is 0.0205. The molecule has 6 nitrogen and oxygen atoms in total. The third-order valence-corrected chi connectivity index (χ3v) is 3.47. The van der Waals surface area contributed by atoms with Gasteiger partial charge in [0.2, 0.25) is 0 Å². The maximum atomic E-state index is 10.4. The molecule has 1 saturated carbocycles. The maximum Gasteiger partial charge on any atom is 0.321 e. The molecule has 108 valence electrons. The second-order valence-corrected chi connectivity index (χ2v) is 4.57. The molecule has 1 aliphatic carbocycles. The van der Waals surface area contributed by atoms with Crippen LogP contribution in [0.15, 0.2) is 0 Å². The van der Waals surface area contributed by atoms with Crippen molar-refractivity contribution in [1.82, 2.24) is 5.32 Å². The second-order valence-electron chi connectivity index (χ2n) is 4.57. The molecule has 0 aromatic heterocycles. The Morgan fingerprint density at radius 2 is 1.78 bits per heavy atom. The van der Waals surface area contributed by atoms with Crippen LogP contribution in [0.1, 0.15) is 32.1 Å². The molecule has 1 heterocycles. The minimum absolute atomic E-state index is 0. The van der Waals surface area contributed by atoms with Crippen LogP contribution in [0.4, 0.5) is 0 Å². The number of rotatable bonds is 3.